The third kappa shape index (κ3) is 2.73. The third-order valence-electron chi connectivity index (χ3n) is 2.08. The van der Waals surface area contributed by atoms with Crippen molar-refractivity contribution in [2.45, 2.75) is 13.3 Å². The molecule has 0 unspecified atom stereocenters. The highest BCUT2D eigenvalue weighted by Gasteiger charge is 2.06. The number of aromatic nitrogens is 2. The first-order valence-electron chi connectivity index (χ1n) is 5.01. The molecular formula is C10H11N5OS. The lowest BCUT2D eigenvalue weighted by atomic mass is 10.4. The number of nitrogens with one attached hydrogen (secondary N) is 1. The number of rotatable bonds is 4. The Hall–Kier alpha value is -2.07. The van der Waals surface area contributed by atoms with Gasteiger partial charge in [-0.25, -0.2) is 0 Å². The summed E-state index contributed by atoms with van der Waals surface area (Å²) in [6.07, 6.45) is 0.664. The fraction of sp³-hybridized carbons (Fsp3) is 0.300. The average molecular weight is 249 g/mol. The summed E-state index contributed by atoms with van der Waals surface area (Å²) >= 11 is 1.34. The SMILES string of the molecule is Cc1nc(CCNc2cc(N)c(C#N)s2)no1. The van der Waals surface area contributed by atoms with Crippen LogP contribution >= 0.6 is 11.3 Å². The maximum Gasteiger partial charge on any atom is 0.223 e. The molecule has 0 aromatic carbocycles. The lowest BCUT2D eigenvalue weighted by Crippen LogP contribution is -2.04. The smallest absolute Gasteiger partial charge is 0.223 e. The molecule has 2 rings (SSSR count). The van der Waals surface area contributed by atoms with Crippen LogP contribution in [0.3, 0.4) is 0 Å². The maximum absolute atomic E-state index is 8.76. The summed E-state index contributed by atoms with van der Waals surface area (Å²) in [5.41, 5.74) is 6.16. The Morgan fingerprint density at radius 1 is 1.65 bits per heavy atom. The molecule has 0 saturated heterocycles. The van der Waals surface area contributed by atoms with E-state index in [0.29, 0.717) is 35.2 Å². The van der Waals surface area contributed by atoms with Crippen molar-refractivity contribution in [3.8, 4) is 6.07 Å². The number of hydrogen-bond donors (Lipinski definition) is 2. The number of anilines is 2. The van der Waals surface area contributed by atoms with Gasteiger partial charge in [0.2, 0.25) is 5.89 Å². The second-order valence-corrected chi connectivity index (χ2v) is 4.47. The molecule has 0 radical (unpaired) electrons. The van der Waals surface area contributed by atoms with E-state index >= 15 is 0 Å². The van der Waals surface area contributed by atoms with Gasteiger partial charge in [-0.1, -0.05) is 5.16 Å². The van der Waals surface area contributed by atoms with Crippen LogP contribution in [0.15, 0.2) is 10.6 Å². The Bertz CT molecular complexity index is 553. The Kier molecular flexibility index (Phi) is 3.25. The molecule has 0 fully saturated rings. The topological polar surface area (TPSA) is 101 Å². The molecule has 2 aromatic heterocycles. The normalized spacial score (nSPS) is 10.1. The van der Waals surface area contributed by atoms with Crippen molar-refractivity contribution in [2.75, 3.05) is 17.6 Å². The summed E-state index contributed by atoms with van der Waals surface area (Å²) in [6.45, 7) is 2.42. The number of nitrogens with two attached hydrogens (primary N) is 1. The van der Waals surface area contributed by atoms with E-state index in [1.165, 1.54) is 11.3 Å². The zero-order valence-corrected chi connectivity index (χ0v) is 10.0. The zero-order chi connectivity index (χ0) is 12.3. The summed E-state index contributed by atoms with van der Waals surface area (Å²) in [5.74, 6) is 1.23. The van der Waals surface area contributed by atoms with Crippen LogP contribution in [0.2, 0.25) is 0 Å². The molecule has 0 spiro atoms. The van der Waals surface area contributed by atoms with E-state index in [4.69, 9.17) is 15.5 Å². The van der Waals surface area contributed by atoms with E-state index in [9.17, 15) is 0 Å². The highest BCUT2D eigenvalue weighted by atomic mass is 32.1. The second kappa shape index (κ2) is 4.84. The van der Waals surface area contributed by atoms with Gasteiger partial charge in [-0.2, -0.15) is 10.2 Å². The minimum atomic E-state index is 0.510. The minimum absolute atomic E-state index is 0.510. The van der Waals surface area contributed by atoms with Crippen molar-refractivity contribution in [1.82, 2.24) is 10.1 Å². The van der Waals surface area contributed by atoms with Gasteiger partial charge in [0, 0.05) is 19.9 Å². The van der Waals surface area contributed by atoms with Crippen LogP contribution in [0.4, 0.5) is 10.7 Å². The summed E-state index contributed by atoms with van der Waals surface area (Å²) in [5, 5.41) is 16.6. The third-order valence-corrected chi connectivity index (χ3v) is 3.09. The van der Waals surface area contributed by atoms with E-state index in [2.05, 4.69) is 15.5 Å². The van der Waals surface area contributed by atoms with Gasteiger partial charge in [-0.15, -0.1) is 11.3 Å². The van der Waals surface area contributed by atoms with Gasteiger partial charge in [0.05, 0.1) is 10.7 Å². The molecule has 0 saturated carbocycles. The Morgan fingerprint density at radius 2 is 2.47 bits per heavy atom. The van der Waals surface area contributed by atoms with Gasteiger partial charge in [-0.3, -0.25) is 0 Å². The molecule has 0 bridgehead atoms. The molecule has 7 heteroatoms. The number of aryl methyl sites for hydroxylation is 1. The van der Waals surface area contributed by atoms with Gasteiger partial charge in [-0.05, 0) is 6.07 Å². The lowest BCUT2D eigenvalue weighted by Gasteiger charge is -1.99. The molecule has 0 aliphatic carbocycles. The summed E-state index contributed by atoms with van der Waals surface area (Å²) in [7, 11) is 0. The predicted octanol–water partition coefficient (Wildman–Crippen LogP) is 1.55. The monoisotopic (exact) mass is 249 g/mol. The molecule has 0 atom stereocenters. The summed E-state index contributed by atoms with van der Waals surface area (Å²) in [4.78, 5) is 4.62. The Labute approximate surface area is 102 Å². The summed E-state index contributed by atoms with van der Waals surface area (Å²) < 4.78 is 4.86. The highest BCUT2D eigenvalue weighted by molar-refractivity contribution is 7.17. The van der Waals surface area contributed by atoms with E-state index in [1.807, 2.05) is 6.07 Å². The number of nitrogens with zero attached hydrogens (tertiary/aromatic N) is 3. The molecule has 17 heavy (non-hydrogen) atoms. The minimum Gasteiger partial charge on any atom is -0.397 e. The van der Waals surface area contributed by atoms with Crippen molar-refractivity contribution in [2.24, 2.45) is 0 Å². The van der Waals surface area contributed by atoms with Crippen LogP contribution in [0, 0.1) is 18.3 Å². The molecule has 2 heterocycles. The van der Waals surface area contributed by atoms with Crippen molar-refractivity contribution >= 4 is 22.0 Å². The maximum atomic E-state index is 8.76. The average Bonchev–Trinajstić information content (AvgIpc) is 2.85. The first kappa shape index (κ1) is 11.4. The van der Waals surface area contributed by atoms with E-state index in [0.717, 1.165) is 5.00 Å². The van der Waals surface area contributed by atoms with E-state index in [-0.39, 0.29) is 0 Å². The molecule has 2 aromatic rings. The number of hydrogen-bond acceptors (Lipinski definition) is 7. The number of nitriles is 1. The van der Waals surface area contributed by atoms with Crippen molar-refractivity contribution in [1.29, 1.82) is 5.26 Å². The fourth-order valence-corrected chi connectivity index (χ4v) is 2.12. The first-order chi connectivity index (χ1) is 8.19. The van der Waals surface area contributed by atoms with Crippen LogP contribution in [-0.4, -0.2) is 16.7 Å². The Morgan fingerprint density at radius 3 is 3.06 bits per heavy atom. The summed E-state index contributed by atoms with van der Waals surface area (Å²) in [6, 6.07) is 3.80. The van der Waals surface area contributed by atoms with Crippen LogP contribution in [-0.2, 0) is 6.42 Å². The molecule has 0 aliphatic rings. The standard InChI is InChI=1S/C10H11N5OS/c1-6-14-9(15-16-6)2-3-13-10-4-7(12)8(5-11)17-10/h4,13H,2-3,12H2,1H3. The van der Waals surface area contributed by atoms with Gasteiger partial charge < -0.3 is 15.6 Å². The van der Waals surface area contributed by atoms with Crippen molar-refractivity contribution < 1.29 is 4.52 Å². The van der Waals surface area contributed by atoms with Gasteiger partial charge in [0.1, 0.15) is 10.9 Å². The molecular weight excluding hydrogens is 238 g/mol. The molecule has 88 valence electrons. The second-order valence-electron chi connectivity index (χ2n) is 3.41. The van der Waals surface area contributed by atoms with Crippen LogP contribution in [0.1, 0.15) is 16.6 Å². The van der Waals surface area contributed by atoms with Crippen molar-refractivity contribution in [3.05, 3.63) is 22.7 Å². The van der Waals surface area contributed by atoms with Crippen LogP contribution in [0.25, 0.3) is 0 Å². The van der Waals surface area contributed by atoms with Crippen molar-refractivity contribution in [3.63, 3.8) is 0 Å². The lowest BCUT2D eigenvalue weighted by molar-refractivity contribution is 0.387. The zero-order valence-electron chi connectivity index (χ0n) is 9.23. The molecule has 0 amide bonds. The van der Waals surface area contributed by atoms with Crippen LogP contribution in [0.5, 0.6) is 0 Å². The largest absolute Gasteiger partial charge is 0.397 e. The van der Waals surface area contributed by atoms with Gasteiger partial charge >= 0.3 is 0 Å². The van der Waals surface area contributed by atoms with Gasteiger partial charge in [0.15, 0.2) is 5.82 Å². The van der Waals surface area contributed by atoms with E-state index in [1.54, 1.807) is 13.0 Å². The molecule has 0 aliphatic heterocycles. The molecule has 3 N–H and O–H groups in total. The number of thiophene rings is 1. The quantitative estimate of drug-likeness (QED) is 0.852. The fourth-order valence-electron chi connectivity index (χ4n) is 1.32. The predicted molar refractivity (Wildman–Crippen MR) is 64.7 cm³/mol. The van der Waals surface area contributed by atoms with Crippen LogP contribution < -0.4 is 11.1 Å². The Balaban J connectivity index is 1.88. The van der Waals surface area contributed by atoms with Gasteiger partial charge in [0.25, 0.3) is 0 Å². The molecule has 6 nitrogen and oxygen atoms in total. The van der Waals surface area contributed by atoms with E-state index < -0.39 is 0 Å². The number of nitrogen functional groups attached to an aromatic ring is 1. The highest BCUT2D eigenvalue weighted by Crippen LogP contribution is 2.27. The first-order valence-corrected chi connectivity index (χ1v) is 5.83.